The van der Waals surface area contributed by atoms with E-state index in [2.05, 4.69) is 13.0 Å². The zero-order chi connectivity index (χ0) is 15.3. The molecule has 0 aromatic heterocycles. The number of fused-ring (bicyclic) bond motifs is 1. The minimum Gasteiger partial charge on any atom is -0.504 e. The van der Waals surface area contributed by atoms with Gasteiger partial charge in [0, 0.05) is 6.08 Å². The Morgan fingerprint density at radius 1 is 1.52 bits per heavy atom. The zero-order valence-electron chi connectivity index (χ0n) is 13.0. The number of hydrogen-bond acceptors (Lipinski definition) is 4. The molecule has 1 saturated heterocycles. The van der Waals surface area contributed by atoms with Crippen LogP contribution in [0.3, 0.4) is 0 Å². The van der Waals surface area contributed by atoms with Crippen LogP contribution in [0, 0.1) is 5.92 Å². The van der Waals surface area contributed by atoms with Crippen molar-refractivity contribution in [3.8, 4) is 0 Å². The van der Waals surface area contributed by atoms with Crippen molar-refractivity contribution >= 4 is 5.97 Å². The van der Waals surface area contributed by atoms with E-state index in [0.717, 1.165) is 19.3 Å². The summed E-state index contributed by atoms with van der Waals surface area (Å²) in [7, 11) is 1.64. The van der Waals surface area contributed by atoms with Gasteiger partial charge in [-0.05, 0) is 51.2 Å². The summed E-state index contributed by atoms with van der Waals surface area (Å²) in [6.45, 7) is 4.37. The van der Waals surface area contributed by atoms with Gasteiger partial charge in [0.1, 0.15) is 0 Å². The quantitative estimate of drug-likeness (QED) is 0.443. The standard InChI is InChI=1S/C17H24O4/c1-4-20-16(18)8-7-15-11-14-10-13(6-5-9-19-3)12-17(14,2)21-15/h5-9,14-15H,4,10-12H2,1-3H3/b8-7+,9-5?,13-6+/t14-,15+,17-/m0/s1. The molecule has 2 rings (SSSR count). The highest BCUT2D eigenvalue weighted by Gasteiger charge is 2.48. The molecule has 0 amide bonds. The SMILES string of the molecule is CCOC(=O)/C=C/[C@@H]1C[C@@H]2C/C(=C\C=COC)C[C@]2(C)O1. The molecule has 0 radical (unpaired) electrons. The Labute approximate surface area is 126 Å². The first kappa shape index (κ1) is 15.8. The fraction of sp³-hybridized carbons (Fsp3) is 0.588. The number of rotatable bonds is 5. The molecule has 4 heteroatoms. The van der Waals surface area contributed by atoms with E-state index in [1.165, 1.54) is 11.6 Å². The molecule has 1 saturated carbocycles. The third-order valence-corrected chi connectivity index (χ3v) is 4.17. The molecule has 1 heterocycles. The lowest BCUT2D eigenvalue weighted by molar-refractivity contribution is -0.137. The molecule has 0 N–H and O–H groups in total. The fourth-order valence-corrected chi connectivity index (χ4v) is 3.22. The van der Waals surface area contributed by atoms with Crippen LogP contribution in [-0.2, 0) is 19.0 Å². The number of carbonyl (C=O) groups excluding carboxylic acids is 1. The highest BCUT2D eigenvalue weighted by atomic mass is 16.5. The molecule has 0 bridgehead atoms. The van der Waals surface area contributed by atoms with Gasteiger partial charge in [0.25, 0.3) is 0 Å². The van der Waals surface area contributed by atoms with Crippen molar-refractivity contribution in [1.29, 1.82) is 0 Å². The van der Waals surface area contributed by atoms with E-state index in [-0.39, 0.29) is 17.7 Å². The molecular formula is C17H24O4. The first-order valence-corrected chi connectivity index (χ1v) is 7.47. The first-order chi connectivity index (χ1) is 10.1. The Morgan fingerprint density at radius 2 is 2.33 bits per heavy atom. The van der Waals surface area contributed by atoms with Crippen molar-refractivity contribution in [3.05, 3.63) is 36.1 Å². The van der Waals surface area contributed by atoms with E-state index >= 15 is 0 Å². The lowest BCUT2D eigenvalue weighted by Gasteiger charge is -2.22. The summed E-state index contributed by atoms with van der Waals surface area (Å²) in [5.41, 5.74) is 1.28. The second-order valence-corrected chi connectivity index (χ2v) is 5.78. The van der Waals surface area contributed by atoms with Gasteiger partial charge in [-0.15, -0.1) is 0 Å². The molecule has 3 atom stereocenters. The molecular weight excluding hydrogens is 268 g/mol. The van der Waals surface area contributed by atoms with Gasteiger partial charge in [-0.25, -0.2) is 4.79 Å². The minimum absolute atomic E-state index is 0.0143. The molecule has 1 aliphatic carbocycles. The van der Waals surface area contributed by atoms with Gasteiger partial charge in [-0.3, -0.25) is 0 Å². The van der Waals surface area contributed by atoms with E-state index in [9.17, 15) is 4.79 Å². The maximum Gasteiger partial charge on any atom is 0.330 e. The summed E-state index contributed by atoms with van der Waals surface area (Å²) in [5, 5.41) is 0. The van der Waals surface area contributed by atoms with Gasteiger partial charge in [-0.2, -0.15) is 0 Å². The van der Waals surface area contributed by atoms with E-state index in [1.54, 1.807) is 20.3 Å². The Bertz CT molecular complexity index is 463. The predicted molar refractivity (Wildman–Crippen MR) is 80.6 cm³/mol. The normalized spacial score (nSPS) is 34.0. The number of carbonyl (C=O) groups is 1. The molecule has 0 spiro atoms. The van der Waals surface area contributed by atoms with Crippen LogP contribution in [0.4, 0.5) is 0 Å². The van der Waals surface area contributed by atoms with Crippen molar-refractivity contribution in [2.45, 2.75) is 44.8 Å². The fourth-order valence-electron chi connectivity index (χ4n) is 3.22. The third-order valence-electron chi connectivity index (χ3n) is 4.17. The summed E-state index contributed by atoms with van der Waals surface area (Å²) in [5.74, 6) is 0.213. The molecule has 0 unspecified atom stereocenters. The second-order valence-electron chi connectivity index (χ2n) is 5.78. The highest BCUT2D eigenvalue weighted by molar-refractivity contribution is 5.81. The van der Waals surface area contributed by atoms with Crippen LogP contribution in [0.5, 0.6) is 0 Å². The molecule has 2 aliphatic rings. The average molecular weight is 292 g/mol. The molecule has 4 nitrogen and oxygen atoms in total. The van der Waals surface area contributed by atoms with Crippen LogP contribution in [-0.4, -0.2) is 31.4 Å². The largest absolute Gasteiger partial charge is 0.504 e. The van der Waals surface area contributed by atoms with Gasteiger partial charge >= 0.3 is 5.97 Å². The second kappa shape index (κ2) is 6.94. The van der Waals surface area contributed by atoms with Crippen molar-refractivity contribution in [2.24, 2.45) is 5.92 Å². The van der Waals surface area contributed by atoms with Crippen molar-refractivity contribution in [2.75, 3.05) is 13.7 Å². The maximum absolute atomic E-state index is 11.3. The number of hydrogen-bond donors (Lipinski definition) is 0. The summed E-state index contributed by atoms with van der Waals surface area (Å²) in [6, 6.07) is 0. The monoisotopic (exact) mass is 292 g/mol. The van der Waals surface area contributed by atoms with E-state index in [0.29, 0.717) is 12.5 Å². The van der Waals surface area contributed by atoms with E-state index in [1.807, 2.05) is 12.2 Å². The van der Waals surface area contributed by atoms with Crippen molar-refractivity contribution < 1.29 is 19.0 Å². The van der Waals surface area contributed by atoms with Gasteiger partial charge in [0.05, 0.1) is 31.7 Å². The number of ether oxygens (including phenoxy) is 3. The first-order valence-electron chi connectivity index (χ1n) is 7.47. The molecule has 1 aliphatic heterocycles. The molecule has 0 aromatic carbocycles. The van der Waals surface area contributed by atoms with Crippen LogP contribution in [0.1, 0.15) is 33.1 Å². The Morgan fingerprint density at radius 3 is 3.00 bits per heavy atom. The van der Waals surface area contributed by atoms with Gasteiger partial charge in [0.2, 0.25) is 0 Å². The average Bonchev–Trinajstić information content (AvgIpc) is 2.88. The number of methoxy groups -OCH3 is 1. The molecule has 21 heavy (non-hydrogen) atoms. The van der Waals surface area contributed by atoms with E-state index < -0.39 is 0 Å². The molecule has 0 aromatic rings. The summed E-state index contributed by atoms with van der Waals surface area (Å²) >= 11 is 0. The third kappa shape index (κ3) is 3.97. The maximum atomic E-state index is 11.3. The van der Waals surface area contributed by atoms with Crippen LogP contribution in [0.2, 0.25) is 0 Å². The zero-order valence-corrected chi connectivity index (χ0v) is 13.0. The predicted octanol–water partition coefficient (Wildman–Crippen LogP) is 3.15. The number of allylic oxidation sites excluding steroid dienone is 2. The summed E-state index contributed by atoms with van der Waals surface area (Å²) in [6.07, 6.45) is 12.0. The molecule has 116 valence electrons. The van der Waals surface area contributed by atoms with Crippen molar-refractivity contribution in [1.82, 2.24) is 0 Å². The highest BCUT2D eigenvalue weighted by Crippen LogP contribution is 2.50. The van der Waals surface area contributed by atoms with Gasteiger partial charge in [0.15, 0.2) is 0 Å². The van der Waals surface area contributed by atoms with Gasteiger partial charge in [-0.1, -0.05) is 11.6 Å². The van der Waals surface area contributed by atoms with Crippen molar-refractivity contribution in [3.63, 3.8) is 0 Å². The Kier molecular flexibility index (Phi) is 5.23. The van der Waals surface area contributed by atoms with Crippen LogP contribution in [0.25, 0.3) is 0 Å². The topological polar surface area (TPSA) is 44.8 Å². The summed E-state index contributed by atoms with van der Waals surface area (Å²) in [4.78, 5) is 11.3. The minimum atomic E-state index is -0.298. The van der Waals surface area contributed by atoms with Crippen LogP contribution < -0.4 is 0 Å². The Hall–Kier alpha value is -1.55. The van der Waals surface area contributed by atoms with Gasteiger partial charge < -0.3 is 14.2 Å². The smallest absolute Gasteiger partial charge is 0.330 e. The lowest BCUT2D eigenvalue weighted by Crippen LogP contribution is -2.26. The Balaban J connectivity index is 1.91. The lowest BCUT2D eigenvalue weighted by atomic mass is 9.92. The van der Waals surface area contributed by atoms with Crippen LogP contribution >= 0.6 is 0 Å². The molecule has 2 fully saturated rings. The van der Waals surface area contributed by atoms with E-state index in [4.69, 9.17) is 14.2 Å². The number of esters is 1. The summed E-state index contributed by atoms with van der Waals surface area (Å²) < 4.78 is 15.9. The van der Waals surface area contributed by atoms with Crippen LogP contribution in [0.15, 0.2) is 36.1 Å².